The first-order valence-electron chi connectivity index (χ1n) is 7.54. The van der Waals surface area contributed by atoms with E-state index in [0.29, 0.717) is 16.0 Å². The molecule has 1 aromatic heterocycles. The van der Waals surface area contributed by atoms with Crippen molar-refractivity contribution in [3.05, 3.63) is 56.0 Å². The Bertz CT molecular complexity index is 902. The topological polar surface area (TPSA) is 30.7 Å². The van der Waals surface area contributed by atoms with Crippen LogP contribution in [0.5, 0.6) is 0 Å². The summed E-state index contributed by atoms with van der Waals surface area (Å²) in [6.45, 7) is 2.07. The summed E-state index contributed by atoms with van der Waals surface area (Å²) in [4.78, 5) is 0. The van der Waals surface area contributed by atoms with Gasteiger partial charge in [0.1, 0.15) is 5.52 Å². The molecule has 23 heavy (non-hydrogen) atoms. The molecule has 6 heteroatoms. The minimum Gasteiger partial charge on any atom is -0.237 e. The molecule has 1 aliphatic rings. The number of fused-ring (bicyclic) bond motifs is 1. The van der Waals surface area contributed by atoms with Crippen molar-refractivity contribution >= 4 is 50.2 Å². The molecule has 118 valence electrons. The van der Waals surface area contributed by atoms with Crippen molar-refractivity contribution < 1.29 is 0 Å². The van der Waals surface area contributed by atoms with Gasteiger partial charge in [0, 0.05) is 14.5 Å². The summed E-state index contributed by atoms with van der Waals surface area (Å²) in [5.41, 5.74) is 4.29. The van der Waals surface area contributed by atoms with Gasteiger partial charge in [-0.1, -0.05) is 50.4 Å². The Kier molecular flexibility index (Phi) is 3.87. The lowest BCUT2D eigenvalue weighted by atomic mass is 10.1. The van der Waals surface area contributed by atoms with Gasteiger partial charge in [-0.2, -0.15) is 0 Å². The van der Waals surface area contributed by atoms with Crippen LogP contribution in [0.15, 0.2) is 34.8 Å². The highest BCUT2D eigenvalue weighted by Crippen LogP contribution is 2.44. The van der Waals surface area contributed by atoms with Gasteiger partial charge in [-0.15, -0.1) is 5.10 Å². The van der Waals surface area contributed by atoms with E-state index < -0.39 is 0 Å². The lowest BCUT2D eigenvalue weighted by Crippen LogP contribution is -2.09. The zero-order valence-corrected chi connectivity index (χ0v) is 15.5. The number of nitrogens with zero attached hydrogens (tertiary/aromatic N) is 3. The quantitative estimate of drug-likeness (QED) is 0.531. The second-order valence-electron chi connectivity index (χ2n) is 6.01. The average Bonchev–Trinajstić information content (AvgIpc) is 3.26. The van der Waals surface area contributed by atoms with Crippen LogP contribution in [-0.2, 0) is 0 Å². The van der Waals surface area contributed by atoms with E-state index in [1.807, 2.05) is 16.8 Å². The number of rotatable bonds is 3. The van der Waals surface area contributed by atoms with Gasteiger partial charge in [0.25, 0.3) is 0 Å². The second-order valence-corrected chi connectivity index (χ2v) is 7.77. The Hall–Kier alpha value is -1.10. The maximum atomic E-state index is 6.36. The fourth-order valence-corrected chi connectivity index (χ4v) is 4.02. The minimum atomic E-state index is -0.0221. The van der Waals surface area contributed by atoms with Crippen LogP contribution in [0.25, 0.3) is 11.0 Å². The summed E-state index contributed by atoms with van der Waals surface area (Å²) in [5, 5.41) is 10.1. The molecule has 0 spiro atoms. The smallest absolute Gasteiger partial charge is 0.116 e. The van der Waals surface area contributed by atoms with E-state index in [1.165, 1.54) is 18.4 Å². The molecule has 0 saturated heterocycles. The zero-order valence-electron chi connectivity index (χ0n) is 12.4. The molecule has 1 aliphatic carbocycles. The van der Waals surface area contributed by atoms with Crippen LogP contribution >= 0.6 is 39.1 Å². The molecule has 1 saturated carbocycles. The molecule has 0 aliphatic heterocycles. The predicted octanol–water partition coefficient (Wildman–Crippen LogP) is 5.99. The number of halogens is 3. The molecular weight excluding hydrogens is 397 g/mol. The van der Waals surface area contributed by atoms with Crippen molar-refractivity contribution in [3.63, 3.8) is 0 Å². The normalized spacial score (nSPS) is 16.0. The SMILES string of the molecule is CC(c1ccc(Cl)cc1Cl)n1nnc2c(C3CC3)cc(Br)cc21. The molecule has 3 nitrogen and oxygen atoms in total. The third kappa shape index (κ3) is 2.77. The van der Waals surface area contributed by atoms with Gasteiger partial charge in [-0.05, 0) is 61.1 Å². The monoisotopic (exact) mass is 409 g/mol. The van der Waals surface area contributed by atoms with Crippen molar-refractivity contribution in [2.45, 2.75) is 31.7 Å². The summed E-state index contributed by atoms with van der Waals surface area (Å²) in [6, 6.07) is 9.78. The van der Waals surface area contributed by atoms with Crippen LogP contribution < -0.4 is 0 Å². The molecular formula is C17H14BrCl2N3. The highest BCUT2D eigenvalue weighted by molar-refractivity contribution is 9.10. The van der Waals surface area contributed by atoms with E-state index in [2.05, 4.69) is 45.3 Å². The lowest BCUT2D eigenvalue weighted by Gasteiger charge is -2.15. The van der Waals surface area contributed by atoms with Gasteiger partial charge in [0.05, 0.1) is 11.6 Å². The van der Waals surface area contributed by atoms with Crippen LogP contribution in [0, 0.1) is 0 Å². The van der Waals surface area contributed by atoms with Crippen LogP contribution in [0.1, 0.15) is 42.9 Å². The van der Waals surface area contributed by atoms with Crippen molar-refractivity contribution in [2.75, 3.05) is 0 Å². The maximum absolute atomic E-state index is 6.36. The standard InChI is InChI=1S/C17H14BrCl2N3/c1-9(13-5-4-12(19)8-15(13)20)23-16-7-11(18)6-14(10-2-3-10)17(16)21-22-23/h4-10H,2-3H2,1H3. The van der Waals surface area contributed by atoms with Gasteiger partial charge >= 0.3 is 0 Å². The van der Waals surface area contributed by atoms with Crippen LogP contribution in [0.4, 0.5) is 0 Å². The molecule has 0 amide bonds. The summed E-state index contributed by atoms with van der Waals surface area (Å²) < 4.78 is 2.99. The number of hydrogen-bond donors (Lipinski definition) is 0. The Labute approximate surface area is 152 Å². The Morgan fingerprint density at radius 3 is 2.70 bits per heavy atom. The summed E-state index contributed by atoms with van der Waals surface area (Å²) in [5.74, 6) is 0.620. The summed E-state index contributed by atoms with van der Waals surface area (Å²) in [6.07, 6.45) is 2.47. The molecule has 1 atom stereocenters. The summed E-state index contributed by atoms with van der Waals surface area (Å²) in [7, 11) is 0. The van der Waals surface area contributed by atoms with Gasteiger partial charge in [0.15, 0.2) is 0 Å². The molecule has 4 rings (SSSR count). The molecule has 3 aromatic rings. The predicted molar refractivity (Wildman–Crippen MR) is 97.5 cm³/mol. The number of hydrogen-bond acceptors (Lipinski definition) is 2. The van der Waals surface area contributed by atoms with Crippen molar-refractivity contribution in [1.82, 2.24) is 15.0 Å². The van der Waals surface area contributed by atoms with E-state index >= 15 is 0 Å². The van der Waals surface area contributed by atoms with Gasteiger partial charge in [-0.25, -0.2) is 4.68 Å². The first-order valence-corrected chi connectivity index (χ1v) is 9.09. The third-order valence-corrected chi connectivity index (χ3v) is 5.39. The third-order valence-electron chi connectivity index (χ3n) is 4.37. The zero-order chi connectivity index (χ0) is 16.1. The Morgan fingerprint density at radius 1 is 1.22 bits per heavy atom. The molecule has 2 aromatic carbocycles. The minimum absolute atomic E-state index is 0.0221. The number of benzene rings is 2. The van der Waals surface area contributed by atoms with Crippen molar-refractivity contribution in [3.8, 4) is 0 Å². The van der Waals surface area contributed by atoms with Gasteiger partial charge < -0.3 is 0 Å². The Balaban J connectivity index is 1.85. The lowest BCUT2D eigenvalue weighted by molar-refractivity contribution is 0.560. The van der Waals surface area contributed by atoms with E-state index in [9.17, 15) is 0 Å². The fourth-order valence-electron chi connectivity index (χ4n) is 2.99. The molecule has 1 fully saturated rings. The van der Waals surface area contributed by atoms with E-state index in [1.54, 1.807) is 6.07 Å². The summed E-state index contributed by atoms with van der Waals surface area (Å²) >= 11 is 16.0. The molecule has 1 unspecified atom stereocenters. The second kappa shape index (κ2) is 5.76. The van der Waals surface area contributed by atoms with Crippen LogP contribution in [-0.4, -0.2) is 15.0 Å². The first-order chi connectivity index (χ1) is 11.0. The van der Waals surface area contributed by atoms with Crippen LogP contribution in [0.3, 0.4) is 0 Å². The van der Waals surface area contributed by atoms with Crippen molar-refractivity contribution in [1.29, 1.82) is 0 Å². The molecule has 0 radical (unpaired) electrons. The van der Waals surface area contributed by atoms with E-state index in [4.69, 9.17) is 23.2 Å². The van der Waals surface area contributed by atoms with Gasteiger partial charge in [-0.3, -0.25) is 0 Å². The number of aromatic nitrogens is 3. The molecule has 0 N–H and O–H groups in total. The largest absolute Gasteiger partial charge is 0.237 e. The fraction of sp³-hybridized carbons (Fsp3) is 0.294. The Morgan fingerprint density at radius 2 is 2.00 bits per heavy atom. The molecule has 0 bridgehead atoms. The van der Waals surface area contributed by atoms with Crippen molar-refractivity contribution in [2.24, 2.45) is 0 Å². The first kappa shape index (κ1) is 15.4. The van der Waals surface area contributed by atoms with Gasteiger partial charge in [0.2, 0.25) is 0 Å². The highest BCUT2D eigenvalue weighted by Gasteiger charge is 2.28. The molecule has 1 heterocycles. The van der Waals surface area contributed by atoms with E-state index in [0.717, 1.165) is 21.1 Å². The average molecular weight is 411 g/mol. The highest BCUT2D eigenvalue weighted by atomic mass is 79.9. The maximum Gasteiger partial charge on any atom is 0.116 e. The van der Waals surface area contributed by atoms with E-state index in [-0.39, 0.29) is 6.04 Å². The van der Waals surface area contributed by atoms with Crippen LogP contribution in [0.2, 0.25) is 10.0 Å².